The van der Waals surface area contributed by atoms with Gasteiger partial charge in [-0.1, -0.05) is 6.92 Å². The molecule has 2 nitrogen and oxygen atoms in total. The molecular formula is C7H10F3NO. The molecule has 0 spiro atoms. The molecule has 0 bridgehead atoms. The predicted molar refractivity (Wildman–Crippen MR) is 36.4 cm³/mol. The minimum atomic E-state index is -4.70. The van der Waals surface area contributed by atoms with Crippen molar-refractivity contribution in [3.05, 3.63) is 0 Å². The van der Waals surface area contributed by atoms with Crippen molar-refractivity contribution in [1.29, 1.82) is 0 Å². The summed E-state index contributed by atoms with van der Waals surface area (Å²) in [5, 5.41) is 0. The molecule has 1 atom stereocenters. The largest absolute Gasteiger partial charge is 0.471 e. The van der Waals surface area contributed by atoms with Crippen LogP contribution in [0, 0.1) is 5.92 Å². The van der Waals surface area contributed by atoms with Gasteiger partial charge in [-0.25, -0.2) is 0 Å². The molecule has 0 N–H and O–H groups in total. The third kappa shape index (κ3) is 1.89. The van der Waals surface area contributed by atoms with Crippen molar-refractivity contribution in [2.75, 3.05) is 13.1 Å². The first-order valence-corrected chi connectivity index (χ1v) is 3.77. The van der Waals surface area contributed by atoms with Crippen LogP contribution in [0.2, 0.25) is 0 Å². The molecule has 1 rings (SSSR count). The fourth-order valence-corrected chi connectivity index (χ4v) is 1.30. The van der Waals surface area contributed by atoms with Crippen LogP contribution in [-0.2, 0) is 4.79 Å². The smallest absolute Gasteiger partial charge is 0.335 e. The number of nitrogens with zero attached hydrogens (tertiary/aromatic N) is 1. The quantitative estimate of drug-likeness (QED) is 0.553. The van der Waals surface area contributed by atoms with Crippen molar-refractivity contribution >= 4 is 5.91 Å². The van der Waals surface area contributed by atoms with Crippen LogP contribution >= 0.6 is 0 Å². The summed E-state index contributed by atoms with van der Waals surface area (Å²) in [4.78, 5) is 11.5. The minimum Gasteiger partial charge on any atom is -0.335 e. The third-order valence-electron chi connectivity index (χ3n) is 1.95. The number of rotatable bonds is 0. The molecule has 12 heavy (non-hydrogen) atoms. The summed E-state index contributed by atoms with van der Waals surface area (Å²) in [6.45, 7) is 2.31. The number of likely N-dealkylation sites (tertiary alicyclic amines) is 1. The highest BCUT2D eigenvalue weighted by Crippen LogP contribution is 2.23. The lowest BCUT2D eigenvalue weighted by molar-refractivity contribution is -0.184. The van der Waals surface area contributed by atoms with Gasteiger partial charge in [0.25, 0.3) is 0 Å². The fraction of sp³-hybridized carbons (Fsp3) is 0.857. The maximum atomic E-state index is 11.8. The molecule has 1 saturated heterocycles. The van der Waals surface area contributed by atoms with Crippen molar-refractivity contribution in [3.8, 4) is 0 Å². The van der Waals surface area contributed by atoms with E-state index in [2.05, 4.69) is 0 Å². The summed E-state index contributed by atoms with van der Waals surface area (Å²) in [5.74, 6) is -1.51. The van der Waals surface area contributed by atoms with Gasteiger partial charge in [-0.2, -0.15) is 13.2 Å². The van der Waals surface area contributed by atoms with E-state index >= 15 is 0 Å². The Morgan fingerprint density at radius 2 is 2.08 bits per heavy atom. The van der Waals surface area contributed by atoms with Crippen LogP contribution in [-0.4, -0.2) is 30.1 Å². The first-order chi connectivity index (χ1) is 5.41. The molecule has 0 radical (unpaired) electrons. The van der Waals surface area contributed by atoms with Gasteiger partial charge >= 0.3 is 12.1 Å². The second-order valence-corrected chi connectivity index (χ2v) is 3.14. The van der Waals surface area contributed by atoms with Gasteiger partial charge < -0.3 is 4.90 Å². The number of amides is 1. The molecule has 0 saturated carbocycles. The van der Waals surface area contributed by atoms with E-state index in [-0.39, 0.29) is 19.0 Å². The summed E-state index contributed by atoms with van der Waals surface area (Å²) in [6.07, 6.45) is -4.04. The first kappa shape index (κ1) is 9.35. The van der Waals surface area contributed by atoms with Crippen LogP contribution in [0.15, 0.2) is 0 Å². The highest BCUT2D eigenvalue weighted by Gasteiger charge is 2.43. The van der Waals surface area contributed by atoms with Gasteiger partial charge in [-0.05, 0) is 12.3 Å². The maximum absolute atomic E-state index is 11.8. The SMILES string of the molecule is C[C@H]1CCN(C(=O)C(F)(F)F)C1. The standard InChI is InChI=1S/C7H10F3NO/c1-5-2-3-11(4-5)6(12)7(8,9)10/h5H,2-4H2,1H3/t5-/m0/s1. The topological polar surface area (TPSA) is 20.3 Å². The molecule has 0 aromatic heterocycles. The van der Waals surface area contributed by atoms with Crippen LogP contribution < -0.4 is 0 Å². The summed E-state index contributed by atoms with van der Waals surface area (Å²) in [7, 11) is 0. The first-order valence-electron chi connectivity index (χ1n) is 3.77. The molecule has 0 aromatic rings. The molecule has 1 heterocycles. The van der Waals surface area contributed by atoms with Crippen molar-refractivity contribution in [2.24, 2.45) is 5.92 Å². The summed E-state index contributed by atoms with van der Waals surface area (Å²) in [6, 6.07) is 0. The molecule has 0 aliphatic carbocycles. The minimum absolute atomic E-state index is 0.191. The van der Waals surface area contributed by atoms with Gasteiger partial charge in [0.2, 0.25) is 0 Å². The van der Waals surface area contributed by atoms with E-state index in [4.69, 9.17) is 0 Å². The Bertz CT molecular complexity index is 190. The normalized spacial score (nSPS) is 24.7. The predicted octanol–water partition coefficient (Wildman–Crippen LogP) is 1.42. The van der Waals surface area contributed by atoms with Gasteiger partial charge in [0.05, 0.1) is 0 Å². The second-order valence-electron chi connectivity index (χ2n) is 3.14. The zero-order valence-corrected chi connectivity index (χ0v) is 6.69. The summed E-state index contributed by atoms with van der Waals surface area (Å²) in [5.41, 5.74) is 0. The van der Waals surface area contributed by atoms with Crippen LogP contribution in [0.4, 0.5) is 13.2 Å². The lowest BCUT2D eigenvalue weighted by Gasteiger charge is -2.17. The molecule has 0 unspecified atom stereocenters. The Labute approximate surface area is 68.3 Å². The molecule has 0 aromatic carbocycles. The molecular weight excluding hydrogens is 171 g/mol. The Morgan fingerprint density at radius 3 is 2.42 bits per heavy atom. The fourth-order valence-electron chi connectivity index (χ4n) is 1.30. The van der Waals surface area contributed by atoms with Gasteiger partial charge in [0, 0.05) is 13.1 Å². The Hall–Kier alpha value is -0.740. The highest BCUT2D eigenvalue weighted by molar-refractivity contribution is 5.82. The number of carbonyl (C=O) groups excluding carboxylic acids is 1. The molecule has 1 aliphatic rings. The van der Waals surface area contributed by atoms with Crippen LogP contribution in [0.25, 0.3) is 0 Å². The number of hydrogen-bond donors (Lipinski definition) is 0. The summed E-state index contributed by atoms with van der Waals surface area (Å²) < 4.78 is 35.5. The van der Waals surface area contributed by atoms with Gasteiger partial charge in [-0.15, -0.1) is 0 Å². The Morgan fingerprint density at radius 1 is 1.50 bits per heavy atom. The van der Waals surface area contributed by atoms with E-state index in [1.807, 2.05) is 6.92 Å². The molecule has 1 aliphatic heterocycles. The number of carbonyl (C=O) groups is 1. The molecule has 1 amide bonds. The zero-order chi connectivity index (χ0) is 9.35. The van der Waals surface area contributed by atoms with Crippen molar-refractivity contribution < 1.29 is 18.0 Å². The number of hydrogen-bond acceptors (Lipinski definition) is 1. The highest BCUT2D eigenvalue weighted by atomic mass is 19.4. The van der Waals surface area contributed by atoms with E-state index < -0.39 is 12.1 Å². The van der Waals surface area contributed by atoms with E-state index in [0.29, 0.717) is 6.42 Å². The van der Waals surface area contributed by atoms with E-state index in [1.54, 1.807) is 0 Å². The van der Waals surface area contributed by atoms with Gasteiger partial charge in [0.1, 0.15) is 0 Å². The van der Waals surface area contributed by atoms with E-state index in [0.717, 1.165) is 4.90 Å². The van der Waals surface area contributed by atoms with Crippen molar-refractivity contribution in [3.63, 3.8) is 0 Å². The van der Waals surface area contributed by atoms with Gasteiger partial charge in [0.15, 0.2) is 0 Å². The van der Waals surface area contributed by atoms with Crippen LogP contribution in [0.5, 0.6) is 0 Å². The van der Waals surface area contributed by atoms with Gasteiger partial charge in [-0.3, -0.25) is 4.79 Å². The lowest BCUT2D eigenvalue weighted by atomic mass is 10.2. The van der Waals surface area contributed by atoms with Crippen molar-refractivity contribution in [2.45, 2.75) is 19.5 Å². The maximum Gasteiger partial charge on any atom is 0.471 e. The Kier molecular flexibility index (Phi) is 2.30. The van der Waals surface area contributed by atoms with Crippen molar-refractivity contribution in [1.82, 2.24) is 4.90 Å². The van der Waals surface area contributed by atoms with Crippen LogP contribution in [0.3, 0.4) is 0 Å². The third-order valence-corrected chi connectivity index (χ3v) is 1.95. The molecule has 5 heteroatoms. The Balaban J connectivity index is 2.55. The van der Waals surface area contributed by atoms with E-state index in [1.165, 1.54) is 0 Å². The number of halogens is 3. The van der Waals surface area contributed by atoms with Crippen LogP contribution in [0.1, 0.15) is 13.3 Å². The second kappa shape index (κ2) is 2.95. The average molecular weight is 181 g/mol. The number of alkyl halides is 3. The lowest BCUT2D eigenvalue weighted by Crippen LogP contribution is -2.39. The average Bonchev–Trinajstić information content (AvgIpc) is 2.32. The van der Waals surface area contributed by atoms with E-state index in [9.17, 15) is 18.0 Å². The zero-order valence-electron chi connectivity index (χ0n) is 6.69. The summed E-state index contributed by atoms with van der Waals surface area (Å²) >= 11 is 0. The molecule has 70 valence electrons. The molecule has 1 fully saturated rings. The monoisotopic (exact) mass is 181 g/mol.